The number of anilines is 1. The molecule has 128 valence electrons. The van der Waals surface area contributed by atoms with E-state index in [0.29, 0.717) is 4.90 Å². The highest BCUT2D eigenvalue weighted by molar-refractivity contribution is 7.72. The Labute approximate surface area is 145 Å². The molecule has 0 amide bonds. The van der Waals surface area contributed by atoms with E-state index in [2.05, 4.69) is 42.0 Å². The van der Waals surface area contributed by atoms with Gasteiger partial charge in [-0.2, -0.15) is 0 Å². The minimum absolute atomic E-state index is 0.367. The van der Waals surface area contributed by atoms with Crippen molar-refractivity contribution in [2.45, 2.75) is 18.7 Å². The van der Waals surface area contributed by atoms with Gasteiger partial charge in [-0.15, -0.1) is 0 Å². The maximum absolute atomic E-state index is 11.3. The largest absolute Gasteiger partial charge is 0.369 e. The lowest BCUT2D eigenvalue weighted by Crippen LogP contribution is -2.44. The highest BCUT2D eigenvalue weighted by Gasteiger charge is 2.16. The standard InChI is InChI=1S/C19H24N2O2S/c1-14-4-6-17(24(22)23)13-18(14)16-5-7-19(15(2)12-16)21-10-8-20(3)9-11-21/h4-7,12-13,24H,8-11H2,1-3H3. The van der Waals surface area contributed by atoms with Crippen LogP contribution in [0.5, 0.6) is 0 Å². The minimum atomic E-state index is -2.56. The van der Waals surface area contributed by atoms with Crippen molar-refractivity contribution in [2.24, 2.45) is 0 Å². The number of piperazine rings is 1. The van der Waals surface area contributed by atoms with Crippen LogP contribution in [0, 0.1) is 13.8 Å². The summed E-state index contributed by atoms with van der Waals surface area (Å²) in [6.45, 7) is 8.40. The fourth-order valence-corrected chi connectivity index (χ4v) is 3.69. The Morgan fingerprint density at radius 3 is 2.21 bits per heavy atom. The first kappa shape index (κ1) is 17.0. The zero-order valence-corrected chi connectivity index (χ0v) is 15.3. The molecule has 0 radical (unpaired) electrons. The summed E-state index contributed by atoms with van der Waals surface area (Å²) in [6, 6.07) is 11.7. The zero-order valence-electron chi connectivity index (χ0n) is 14.5. The van der Waals surface area contributed by atoms with Crippen LogP contribution < -0.4 is 4.90 Å². The van der Waals surface area contributed by atoms with E-state index in [1.165, 1.54) is 11.3 Å². The van der Waals surface area contributed by atoms with Crippen molar-refractivity contribution in [3.8, 4) is 11.1 Å². The Kier molecular flexibility index (Phi) is 4.92. The summed E-state index contributed by atoms with van der Waals surface area (Å²) in [5, 5.41) is 0. The Bertz CT molecular complexity index is 814. The third kappa shape index (κ3) is 3.47. The topological polar surface area (TPSA) is 40.6 Å². The van der Waals surface area contributed by atoms with Crippen molar-refractivity contribution in [2.75, 3.05) is 38.1 Å². The van der Waals surface area contributed by atoms with Gasteiger partial charge in [-0.05, 0) is 67.4 Å². The third-order valence-electron chi connectivity index (χ3n) is 4.78. The first-order chi connectivity index (χ1) is 11.5. The lowest BCUT2D eigenvalue weighted by Gasteiger charge is -2.35. The number of aryl methyl sites for hydroxylation is 2. The van der Waals surface area contributed by atoms with Gasteiger partial charge >= 0.3 is 0 Å². The molecule has 1 fully saturated rings. The number of nitrogens with zero attached hydrogens (tertiary/aromatic N) is 2. The lowest BCUT2D eigenvalue weighted by molar-refractivity contribution is 0.312. The van der Waals surface area contributed by atoms with Crippen LogP contribution in [0.4, 0.5) is 5.69 Å². The first-order valence-corrected chi connectivity index (χ1v) is 9.43. The molecule has 0 atom stereocenters. The molecule has 0 aliphatic carbocycles. The Balaban J connectivity index is 1.94. The molecule has 0 bridgehead atoms. The predicted molar refractivity (Wildman–Crippen MR) is 99.6 cm³/mol. The zero-order chi connectivity index (χ0) is 17.3. The molecular weight excluding hydrogens is 320 g/mol. The molecular formula is C19H24N2O2S. The average molecular weight is 344 g/mol. The molecule has 3 rings (SSSR count). The van der Waals surface area contributed by atoms with Gasteiger partial charge in [0.05, 0.1) is 4.90 Å². The van der Waals surface area contributed by atoms with E-state index in [-0.39, 0.29) is 0 Å². The van der Waals surface area contributed by atoms with E-state index in [1.807, 2.05) is 13.0 Å². The fourth-order valence-electron chi connectivity index (χ4n) is 3.26. The molecule has 1 heterocycles. The summed E-state index contributed by atoms with van der Waals surface area (Å²) in [7, 11) is -0.399. The molecule has 1 aliphatic rings. The molecule has 0 spiro atoms. The molecule has 1 aliphatic heterocycles. The molecule has 2 aromatic carbocycles. The normalized spacial score (nSPS) is 15.9. The van der Waals surface area contributed by atoms with E-state index in [9.17, 15) is 8.42 Å². The highest BCUT2D eigenvalue weighted by Crippen LogP contribution is 2.30. The molecule has 1 saturated heterocycles. The molecule has 0 saturated carbocycles. The van der Waals surface area contributed by atoms with Crippen LogP contribution in [0.3, 0.4) is 0 Å². The van der Waals surface area contributed by atoms with Gasteiger partial charge in [0.1, 0.15) is 0 Å². The van der Waals surface area contributed by atoms with Gasteiger partial charge in [0, 0.05) is 31.9 Å². The van der Waals surface area contributed by atoms with Gasteiger partial charge in [0.25, 0.3) is 0 Å². The van der Waals surface area contributed by atoms with E-state index < -0.39 is 10.7 Å². The van der Waals surface area contributed by atoms with E-state index in [0.717, 1.165) is 42.9 Å². The summed E-state index contributed by atoms with van der Waals surface area (Å²) < 4.78 is 22.6. The number of thiol groups is 1. The molecule has 0 unspecified atom stereocenters. The molecule has 0 N–H and O–H groups in total. The van der Waals surface area contributed by atoms with Gasteiger partial charge in [-0.1, -0.05) is 12.1 Å². The van der Waals surface area contributed by atoms with E-state index >= 15 is 0 Å². The van der Waals surface area contributed by atoms with E-state index in [1.54, 1.807) is 12.1 Å². The number of hydrogen-bond acceptors (Lipinski definition) is 4. The number of likely N-dealkylation sites (N-methyl/N-ethyl adjacent to an activating group) is 1. The van der Waals surface area contributed by atoms with Crippen LogP contribution in [-0.4, -0.2) is 46.5 Å². The smallest absolute Gasteiger partial charge is 0.168 e. The molecule has 0 aromatic heterocycles. The van der Waals surface area contributed by atoms with Crippen LogP contribution in [0.2, 0.25) is 0 Å². The van der Waals surface area contributed by atoms with Crippen LogP contribution >= 0.6 is 0 Å². The third-order valence-corrected chi connectivity index (χ3v) is 5.48. The summed E-state index contributed by atoms with van der Waals surface area (Å²) in [5.41, 5.74) is 5.65. The van der Waals surface area contributed by atoms with Crippen LogP contribution in [0.15, 0.2) is 41.3 Å². The quantitative estimate of drug-likeness (QED) is 0.869. The monoisotopic (exact) mass is 344 g/mol. The lowest BCUT2D eigenvalue weighted by atomic mass is 9.98. The van der Waals surface area contributed by atoms with Gasteiger partial charge in [-0.25, -0.2) is 8.42 Å². The van der Waals surface area contributed by atoms with Crippen LogP contribution in [0.1, 0.15) is 11.1 Å². The van der Waals surface area contributed by atoms with Gasteiger partial charge < -0.3 is 9.80 Å². The minimum Gasteiger partial charge on any atom is -0.369 e. The van der Waals surface area contributed by atoms with Crippen LogP contribution in [-0.2, 0) is 10.7 Å². The van der Waals surface area contributed by atoms with Gasteiger partial charge in [0.15, 0.2) is 10.7 Å². The van der Waals surface area contributed by atoms with Crippen molar-refractivity contribution in [1.29, 1.82) is 0 Å². The summed E-state index contributed by atoms with van der Waals surface area (Å²) in [5.74, 6) is 0. The first-order valence-electron chi connectivity index (χ1n) is 8.25. The van der Waals surface area contributed by atoms with Crippen LogP contribution in [0.25, 0.3) is 11.1 Å². The predicted octanol–water partition coefficient (Wildman–Crippen LogP) is 2.69. The highest BCUT2D eigenvalue weighted by atomic mass is 32.2. The molecule has 4 nitrogen and oxygen atoms in total. The molecule has 5 heteroatoms. The Morgan fingerprint density at radius 1 is 0.875 bits per heavy atom. The Morgan fingerprint density at radius 2 is 1.58 bits per heavy atom. The second-order valence-corrected chi connectivity index (χ2v) is 7.58. The second-order valence-electron chi connectivity index (χ2n) is 6.55. The average Bonchev–Trinajstić information content (AvgIpc) is 2.56. The van der Waals surface area contributed by atoms with E-state index in [4.69, 9.17) is 0 Å². The molecule has 24 heavy (non-hydrogen) atoms. The fraction of sp³-hybridized carbons (Fsp3) is 0.368. The summed E-state index contributed by atoms with van der Waals surface area (Å²) in [6.07, 6.45) is 0. The molecule has 2 aromatic rings. The van der Waals surface area contributed by atoms with Gasteiger partial charge in [0.2, 0.25) is 0 Å². The SMILES string of the molecule is Cc1ccc([SH](=O)=O)cc1-c1ccc(N2CCN(C)CC2)c(C)c1. The van der Waals surface area contributed by atoms with Crippen molar-refractivity contribution in [1.82, 2.24) is 4.90 Å². The number of rotatable bonds is 3. The van der Waals surface area contributed by atoms with Crippen molar-refractivity contribution < 1.29 is 8.42 Å². The van der Waals surface area contributed by atoms with Crippen molar-refractivity contribution in [3.63, 3.8) is 0 Å². The number of hydrogen-bond donors (Lipinski definition) is 1. The summed E-state index contributed by atoms with van der Waals surface area (Å²) >= 11 is 0. The van der Waals surface area contributed by atoms with Gasteiger partial charge in [-0.3, -0.25) is 0 Å². The number of benzene rings is 2. The summed E-state index contributed by atoms with van der Waals surface area (Å²) in [4.78, 5) is 5.14. The second kappa shape index (κ2) is 6.95. The maximum atomic E-state index is 11.3. The Hall–Kier alpha value is -1.85. The van der Waals surface area contributed by atoms with Crippen molar-refractivity contribution in [3.05, 3.63) is 47.5 Å². The maximum Gasteiger partial charge on any atom is 0.168 e. The van der Waals surface area contributed by atoms with Crippen molar-refractivity contribution >= 4 is 16.4 Å².